The maximum absolute atomic E-state index is 11.8. The fourth-order valence-corrected chi connectivity index (χ4v) is 3.11. The standard InChI is InChI=1S/C17H27N3O/c1-14(2)20(12-15-7-4-3-5-8-15)16-9-6-10-19(13-16)17(21)11-18/h3-5,7-8,14,16H,6,9-13,18H2,1-2H3/t16-/m0/s1. The Bertz CT molecular complexity index is 447. The number of likely N-dealkylation sites (tertiary alicyclic amines) is 1. The number of hydrogen-bond donors (Lipinski definition) is 1. The predicted molar refractivity (Wildman–Crippen MR) is 85.8 cm³/mol. The van der Waals surface area contributed by atoms with Crippen LogP contribution >= 0.6 is 0 Å². The summed E-state index contributed by atoms with van der Waals surface area (Å²) in [5.41, 5.74) is 6.83. The normalized spacial score (nSPS) is 19.3. The SMILES string of the molecule is CC(C)N(Cc1ccccc1)[C@H]1CCCN(C(=O)CN)C1. The molecule has 1 heterocycles. The molecule has 1 aliphatic heterocycles. The number of amides is 1. The maximum Gasteiger partial charge on any atom is 0.236 e. The molecule has 0 aromatic heterocycles. The highest BCUT2D eigenvalue weighted by molar-refractivity contribution is 5.78. The van der Waals surface area contributed by atoms with Crippen LogP contribution in [0.5, 0.6) is 0 Å². The first-order valence-electron chi connectivity index (χ1n) is 7.89. The Morgan fingerprint density at radius 1 is 1.38 bits per heavy atom. The molecular weight excluding hydrogens is 262 g/mol. The van der Waals surface area contributed by atoms with Crippen molar-refractivity contribution in [2.75, 3.05) is 19.6 Å². The van der Waals surface area contributed by atoms with Gasteiger partial charge in [-0.25, -0.2) is 0 Å². The highest BCUT2D eigenvalue weighted by Crippen LogP contribution is 2.20. The quantitative estimate of drug-likeness (QED) is 0.900. The Morgan fingerprint density at radius 2 is 2.10 bits per heavy atom. The van der Waals surface area contributed by atoms with Gasteiger partial charge in [0.2, 0.25) is 5.91 Å². The Kier molecular flexibility index (Phi) is 5.76. The number of carbonyl (C=O) groups excluding carboxylic acids is 1. The molecular formula is C17H27N3O. The minimum atomic E-state index is 0.0723. The average molecular weight is 289 g/mol. The Morgan fingerprint density at radius 3 is 2.71 bits per heavy atom. The molecule has 1 atom stereocenters. The monoisotopic (exact) mass is 289 g/mol. The van der Waals surface area contributed by atoms with Gasteiger partial charge in [-0.05, 0) is 32.3 Å². The number of rotatable bonds is 5. The van der Waals surface area contributed by atoms with Gasteiger partial charge < -0.3 is 10.6 Å². The number of nitrogens with zero attached hydrogens (tertiary/aromatic N) is 2. The maximum atomic E-state index is 11.8. The first-order chi connectivity index (χ1) is 10.1. The van der Waals surface area contributed by atoms with E-state index in [0.717, 1.165) is 32.5 Å². The van der Waals surface area contributed by atoms with Gasteiger partial charge in [0.05, 0.1) is 6.54 Å². The third-order valence-corrected chi connectivity index (χ3v) is 4.26. The van der Waals surface area contributed by atoms with Crippen LogP contribution in [0.15, 0.2) is 30.3 Å². The third-order valence-electron chi connectivity index (χ3n) is 4.26. The first-order valence-corrected chi connectivity index (χ1v) is 7.89. The topological polar surface area (TPSA) is 49.6 Å². The van der Waals surface area contributed by atoms with Crippen LogP contribution in [0.3, 0.4) is 0 Å². The Labute approximate surface area is 127 Å². The van der Waals surface area contributed by atoms with Crippen LogP contribution < -0.4 is 5.73 Å². The second kappa shape index (κ2) is 7.57. The van der Waals surface area contributed by atoms with Crippen LogP contribution in [-0.4, -0.2) is 47.4 Å². The minimum Gasteiger partial charge on any atom is -0.340 e. The molecule has 2 rings (SSSR count). The lowest BCUT2D eigenvalue weighted by atomic mass is 10.0. The van der Waals surface area contributed by atoms with E-state index in [-0.39, 0.29) is 12.5 Å². The molecule has 4 heteroatoms. The Hall–Kier alpha value is -1.39. The molecule has 1 aromatic carbocycles. The zero-order valence-electron chi connectivity index (χ0n) is 13.2. The molecule has 4 nitrogen and oxygen atoms in total. The summed E-state index contributed by atoms with van der Waals surface area (Å²) < 4.78 is 0. The predicted octanol–water partition coefficient (Wildman–Crippen LogP) is 1.85. The summed E-state index contributed by atoms with van der Waals surface area (Å²) >= 11 is 0. The number of benzene rings is 1. The molecule has 1 saturated heterocycles. The zero-order chi connectivity index (χ0) is 15.2. The second-order valence-electron chi connectivity index (χ2n) is 6.09. The minimum absolute atomic E-state index is 0.0723. The fraction of sp³-hybridized carbons (Fsp3) is 0.588. The lowest BCUT2D eigenvalue weighted by Crippen LogP contribution is -2.52. The number of piperidine rings is 1. The van der Waals surface area contributed by atoms with Crippen molar-refractivity contribution in [1.29, 1.82) is 0 Å². The van der Waals surface area contributed by atoms with Gasteiger partial charge in [-0.2, -0.15) is 0 Å². The molecule has 116 valence electrons. The molecule has 0 aliphatic carbocycles. The van der Waals surface area contributed by atoms with E-state index in [2.05, 4.69) is 43.0 Å². The van der Waals surface area contributed by atoms with Gasteiger partial charge in [0.25, 0.3) is 0 Å². The molecule has 1 aliphatic rings. The van der Waals surface area contributed by atoms with Crippen molar-refractivity contribution in [2.45, 2.75) is 45.3 Å². The molecule has 1 fully saturated rings. The van der Waals surface area contributed by atoms with Gasteiger partial charge in [-0.3, -0.25) is 9.69 Å². The first kappa shape index (κ1) is 16.0. The van der Waals surface area contributed by atoms with Gasteiger partial charge in [0, 0.05) is 31.7 Å². The summed E-state index contributed by atoms with van der Waals surface area (Å²) in [6.45, 7) is 7.17. The number of nitrogens with two attached hydrogens (primary N) is 1. The molecule has 2 N–H and O–H groups in total. The van der Waals surface area contributed by atoms with Crippen molar-refractivity contribution in [2.24, 2.45) is 5.73 Å². The van der Waals surface area contributed by atoms with E-state index >= 15 is 0 Å². The molecule has 0 radical (unpaired) electrons. The van der Waals surface area contributed by atoms with Gasteiger partial charge in [0.15, 0.2) is 0 Å². The van der Waals surface area contributed by atoms with Crippen molar-refractivity contribution in [1.82, 2.24) is 9.80 Å². The van der Waals surface area contributed by atoms with Crippen LogP contribution in [-0.2, 0) is 11.3 Å². The van der Waals surface area contributed by atoms with E-state index in [1.54, 1.807) is 0 Å². The average Bonchev–Trinajstić information content (AvgIpc) is 2.52. The smallest absolute Gasteiger partial charge is 0.236 e. The summed E-state index contributed by atoms with van der Waals surface area (Å²) in [5.74, 6) is 0.0723. The Balaban J connectivity index is 2.05. The van der Waals surface area contributed by atoms with Crippen molar-refractivity contribution in [3.8, 4) is 0 Å². The largest absolute Gasteiger partial charge is 0.340 e. The van der Waals surface area contributed by atoms with E-state index in [0.29, 0.717) is 12.1 Å². The molecule has 0 saturated carbocycles. The van der Waals surface area contributed by atoms with Crippen LogP contribution in [0.1, 0.15) is 32.3 Å². The molecule has 0 spiro atoms. The highest BCUT2D eigenvalue weighted by atomic mass is 16.2. The van der Waals surface area contributed by atoms with E-state index in [9.17, 15) is 4.79 Å². The van der Waals surface area contributed by atoms with E-state index < -0.39 is 0 Å². The summed E-state index contributed by atoms with van der Waals surface area (Å²) in [7, 11) is 0. The zero-order valence-corrected chi connectivity index (χ0v) is 13.2. The van der Waals surface area contributed by atoms with Crippen molar-refractivity contribution in [3.05, 3.63) is 35.9 Å². The summed E-state index contributed by atoms with van der Waals surface area (Å²) in [6.07, 6.45) is 2.22. The van der Waals surface area contributed by atoms with Crippen LogP contribution in [0.4, 0.5) is 0 Å². The summed E-state index contributed by atoms with van der Waals surface area (Å²) in [6, 6.07) is 11.4. The van der Waals surface area contributed by atoms with Gasteiger partial charge in [-0.15, -0.1) is 0 Å². The fourth-order valence-electron chi connectivity index (χ4n) is 3.11. The highest BCUT2D eigenvalue weighted by Gasteiger charge is 2.28. The summed E-state index contributed by atoms with van der Waals surface area (Å²) in [4.78, 5) is 16.3. The van der Waals surface area contributed by atoms with Crippen LogP contribution in [0.25, 0.3) is 0 Å². The molecule has 1 aromatic rings. The van der Waals surface area contributed by atoms with Gasteiger partial charge in [0.1, 0.15) is 0 Å². The molecule has 1 amide bonds. The lowest BCUT2D eigenvalue weighted by Gasteiger charge is -2.41. The molecule has 21 heavy (non-hydrogen) atoms. The van der Waals surface area contributed by atoms with Crippen molar-refractivity contribution >= 4 is 5.91 Å². The molecule has 0 bridgehead atoms. The second-order valence-corrected chi connectivity index (χ2v) is 6.09. The van der Waals surface area contributed by atoms with Crippen LogP contribution in [0.2, 0.25) is 0 Å². The number of hydrogen-bond acceptors (Lipinski definition) is 3. The summed E-state index contributed by atoms with van der Waals surface area (Å²) in [5, 5.41) is 0. The van der Waals surface area contributed by atoms with E-state index in [1.807, 2.05) is 11.0 Å². The lowest BCUT2D eigenvalue weighted by molar-refractivity contribution is -0.132. The van der Waals surface area contributed by atoms with Crippen LogP contribution in [0, 0.1) is 0 Å². The number of carbonyl (C=O) groups is 1. The van der Waals surface area contributed by atoms with Crippen molar-refractivity contribution < 1.29 is 4.79 Å². The van der Waals surface area contributed by atoms with E-state index in [1.165, 1.54) is 5.56 Å². The van der Waals surface area contributed by atoms with E-state index in [4.69, 9.17) is 5.73 Å². The van der Waals surface area contributed by atoms with Crippen molar-refractivity contribution in [3.63, 3.8) is 0 Å². The van der Waals surface area contributed by atoms with Gasteiger partial charge >= 0.3 is 0 Å². The third kappa shape index (κ3) is 4.29. The molecule has 0 unspecified atom stereocenters. The van der Waals surface area contributed by atoms with Gasteiger partial charge in [-0.1, -0.05) is 30.3 Å².